The highest BCUT2D eigenvalue weighted by Gasteiger charge is 2.40. The van der Waals surface area contributed by atoms with Gasteiger partial charge in [-0.25, -0.2) is 9.97 Å². The Bertz CT molecular complexity index is 1930. The number of ether oxygens (including phenoxy) is 2. The Balaban J connectivity index is 1.30. The second kappa shape index (κ2) is 17.9. The van der Waals surface area contributed by atoms with E-state index in [-0.39, 0.29) is 71.8 Å². The zero-order valence-electron chi connectivity index (χ0n) is 32.4. The molecule has 4 heterocycles. The highest BCUT2D eigenvalue weighted by Crippen LogP contribution is 2.44. The molecule has 0 saturated carbocycles. The molecule has 59 heavy (non-hydrogen) atoms. The van der Waals surface area contributed by atoms with Gasteiger partial charge in [0.05, 0.1) is 66.0 Å². The highest BCUT2D eigenvalue weighted by molar-refractivity contribution is 5.95. The number of nitrogens with zero attached hydrogens (tertiary/aromatic N) is 5. The number of anilines is 3. The zero-order valence-corrected chi connectivity index (χ0v) is 32.4. The van der Waals surface area contributed by atoms with Crippen LogP contribution in [-0.2, 0) is 44.0 Å². The maximum atomic E-state index is 14.1. The molecule has 10 nitrogen and oxygen atoms in total. The van der Waals surface area contributed by atoms with Crippen LogP contribution < -0.4 is 15.1 Å². The van der Waals surface area contributed by atoms with Crippen LogP contribution in [0.5, 0.6) is 0 Å². The Morgan fingerprint density at radius 1 is 0.847 bits per heavy atom. The van der Waals surface area contributed by atoms with Crippen LogP contribution >= 0.6 is 0 Å². The van der Waals surface area contributed by atoms with Gasteiger partial charge in [0.15, 0.2) is 0 Å². The summed E-state index contributed by atoms with van der Waals surface area (Å²) in [7, 11) is 0. The molecule has 1 aromatic heterocycles. The predicted octanol–water partition coefficient (Wildman–Crippen LogP) is 8.29. The third-order valence-electron chi connectivity index (χ3n) is 11.0. The molecule has 0 bridgehead atoms. The number of aromatic nitrogens is 2. The van der Waals surface area contributed by atoms with Gasteiger partial charge in [-0.1, -0.05) is 6.92 Å². The van der Waals surface area contributed by atoms with E-state index >= 15 is 0 Å². The Morgan fingerprint density at radius 3 is 2.08 bits per heavy atom. The maximum Gasteiger partial charge on any atom is 0.416 e. The topological polar surface area (TPSA) is 100 Å². The molecule has 2 aromatic carbocycles. The first-order chi connectivity index (χ1) is 27.8. The molecule has 322 valence electrons. The monoisotopic (exact) mass is 844 g/mol. The van der Waals surface area contributed by atoms with E-state index in [1.54, 1.807) is 11.8 Å². The van der Waals surface area contributed by atoms with Crippen molar-refractivity contribution in [2.75, 3.05) is 67.7 Å². The second-order valence-electron chi connectivity index (χ2n) is 14.9. The minimum Gasteiger partial charge on any atom is -0.466 e. The Hall–Kier alpha value is -4.65. The second-order valence-corrected chi connectivity index (χ2v) is 14.9. The van der Waals surface area contributed by atoms with Gasteiger partial charge >= 0.3 is 24.5 Å². The van der Waals surface area contributed by atoms with Crippen LogP contribution in [0.4, 0.5) is 56.8 Å². The quantitative estimate of drug-likeness (QED) is 0.151. The third kappa shape index (κ3) is 10.6. The number of amides is 1. The number of esters is 1. The summed E-state index contributed by atoms with van der Waals surface area (Å²) in [5.74, 6) is -0.873. The van der Waals surface area contributed by atoms with Gasteiger partial charge in [0.2, 0.25) is 11.9 Å². The van der Waals surface area contributed by atoms with Crippen LogP contribution in [0.15, 0.2) is 42.6 Å². The summed E-state index contributed by atoms with van der Waals surface area (Å²) < 4.78 is 136. The molecule has 1 amide bonds. The van der Waals surface area contributed by atoms with Crippen molar-refractivity contribution in [2.45, 2.75) is 83.0 Å². The number of halogens is 9. The predicted molar refractivity (Wildman–Crippen MR) is 199 cm³/mol. The molecular weight excluding hydrogens is 799 g/mol. The number of hydrogen-bond acceptors (Lipinski definition) is 9. The zero-order chi connectivity index (χ0) is 42.7. The van der Waals surface area contributed by atoms with Gasteiger partial charge in [-0.15, -0.1) is 0 Å². The SMILES string of the molecule is CCOC(=O)C1CCN(CCC(=O)N2c3ccc(C(F)(F)F)cc3[C@@H](Nc3ncc(N4CCOCC4)c(Cc4cc(C(F)(F)F)cc(C(F)(F)F)c4)n3)C[C@H]2CC)CC1. The Kier molecular flexibility index (Phi) is 13.3. The molecule has 19 heteroatoms. The minimum absolute atomic E-state index is 0.0452. The summed E-state index contributed by atoms with van der Waals surface area (Å²) in [5.41, 5.74) is -3.39. The van der Waals surface area contributed by atoms with Crippen molar-refractivity contribution < 1.29 is 58.6 Å². The van der Waals surface area contributed by atoms with Crippen molar-refractivity contribution in [1.82, 2.24) is 14.9 Å². The van der Waals surface area contributed by atoms with Crippen LogP contribution in [-0.4, -0.2) is 85.3 Å². The summed E-state index contributed by atoms with van der Waals surface area (Å²) in [5, 5.41) is 3.10. The Labute approximate surface area is 335 Å². The summed E-state index contributed by atoms with van der Waals surface area (Å²) >= 11 is 0. The number of piperidine rings is 1. The van der Waals surface area contributed by atoms with Crippen molar-refractivity contribution in [3.63, 3.8) is 0 Å². The van der Waals surface area contributed by atoms with Gasteiger partial charge in [0, 0.05) is 44.2 Å². The first kappa shape index (κ1) is 43.9. The molecule has 0 unspecified atom stereocenters. The van der Waals surface area contributed by atoms with E-state index in [1.165, 1.54) is 17.2 Å². The number of morpholine rings is 1. The number of carbonyl (C=O) groups excluding carboxylic acids is 2. The van der Waals surface area contributed by atoms with Crippen LogP contribution in [0.2, 0.25) is 0 Å². The lowest BCUT2D eigenvalue weighted by molar-refractivity contribution is -0.150. The lowest BCUT2D eigenvalue weighted by atomic mass is 9.88. The molecule has 0 spiro atoms. The number of nitrogens with one attached hydrogen (secondary N) is 1. The van der Waals surface area contributed by atoms with Gasteiger partial charge in [0.1, 0.15) is 0 Å². The number of carbonyl (C=O) groups is 2. The lowest BCUT2D eigenvalue weighted by Crippen LogP contribution is -2.47. The number of rotatable bonds is 11. The molecule has 2 saturated heterocycles. The summed E-state index contributed by atoms with van der Waals surface area (Å²) in [6, 6.07) is 3.08. The smallest absolute Gasteiger partial charge is 0.416 e. The van der Waals surface area contributed by atoms with E-state index < -0.39 is 53.7 Å². The number of hydrogen-bond donors (Lipinski definition) is 1. The summed E-state index contributed by atoms with van der Waals surface area (Å²) in [4.78, 5) is 40.5. The third-order valence-corrected chi connectivity index (χ3v) is 11.0. The Morgan fingerprint density at radius 2 is 1.49 bits per heavy atom. The molecule has 0 radical (unpaired) electrons. The van der Waals surface area contributed by atoms with Crippen LogP contribution in [0.25, 0.3) is 0 Å². The van der Waals surface area contributed by atoms with Crippen molar-refractivity contribution in [3.05, 3.63) is 76.1 Å². The number of benzene rings is 2. The van der Waals surface area contributed by atoms with Gasteiger partial charge in [-0.3, -0.25) is 9.59 Å². The van der Waals surface area contributed by atoms with Gasteiger partial charge in [0.25, 0.3) is 0 Å². The van der Waals surface area contributed by atoms with Gasteiger partial charge < -0.3 is 29.5 Å². The van der Waals surface area contributed by atoms with E-state index in [2.05, 4.69) is 20.2 Å². The van der Waals surface area contributed by atoms with Crippen LogP contribution in [0.1, 0.15) is 85.5 Å². The molecular formula is C40H45F9N6O4. The standard InChI is InChI=1S/C40H45F9N6O4/c1-3-29-22-31(30-21-26(38(41,42)43)5-6-33(30)55(29)35(56)9-12-53-10-7-25(8-11-53)36(57)59-4-2)51-37-50-23-34(54-13-15-58-16-14-54)32(52-37)19-24-17-27(39(44,45)46)20-28(18-24)40(47,48)49/h5-6,17-18,20-21,23,25,29,31H,3-4,7-16,19,22H2,1-2H3,(H,50,51,52)/t29-,31+/m1/s1. The minimum atomic E-state index is -5.07. The van der Waals surface area contributed by atoms with Gasteiger partial charge in [-0.05, 0) is 93.2 Å². The normalized spacial score (nSPS) is 19.7. The summed E-state index contributed by atoms with van der Waals surface area (Å²) in [6.45, 7) is 6.67. The molecule has 2 atom stereocenters. The van der Waals surface area contributed by atoms with E-state index in [9.17, 15) is 49.1 Å². The average molecular weight is 845 g/mol. The molecule has 1 N–H and O–H groups in total. The van der Waals surface area contributed by atoms with Crippen LogP contribution in [0, 0.1) is 5.92 Å². The van der Waals surface area contributed by atoms with Crippen LogP contribution in [0.3, 0.4) is 0 Å². The van der Waals surface area contributed by atoms with Crippen molar-refractivity contribution in [1.29, 1.82) is 0 Å². The van der Waals surface area contributed by atoms with Crippen molar-refractivity contribution in [3.8, 4) is 0 Å². The van der Waals surface area contributed by atoms with E-state index in [0.29, 0.717) is 83.0 Å². The van der Waals surface area contributed by atoms with E-state index in [1.807, 2.05) is 6.92 Å². The number of alkyl halides is 9. The lowest BCUT2D eigenvalue weighted by Gasteiger charge is -2.41. The van der Waals surface area contributed by atoms with Crippen molar-refractivity contribution in [2.24, 2.45) is 5.92 Å². The molecule has 2 fully saturated rings. The molecule has 3 aliphatic rings. The number of likely N-dealkylation sites (tertiary alicyclic amines) is 1. The summed E-state index contributed by atoms with van der Waals surface area (Å²) in [6.07, 6.45) is -12.2. The van der Waals surface area contributed by atoms with E-state index in [4.69, 9.17) is 9.47 Å². The fraction of sp³-hybridized carbons (Fsp3) is 0.550. The maximum absolute atomic E-state index is 14.1. The molecule has 3 aliphatic heterocycles. The average Bonchev–Trinajstić information content (AvgIpc) is 3.19. The first-order valence-corrected chi connectivity index (χ1v) is 19.5. The fourth-order valence-electron chi connectivity index (χ4n) is 7.93. The fourth-order valence-corrected chi connectivity index (χ4v) is 7.93. The van der Waals surface area contributed by atoms with E-state index in [0.717, 1.165) is 12.1 Å². The highest BCUT2D eigenvalue weighted by atomic mass is 19.4. The molecule has 6 rings (SSSR count). The van der Waals surface area contributed by atoms with Crippen molar-refractivity contribution >= 4 is 29.2 Å². The van der Waals surface area contributed by atoms with Gasteiger partial charge in [-0.2, -0.15) is 39.5 Å². The first-order valence-electron chi connectivity index (χ1n) is 19.5. The molecule has 3 aromatic rings. The largest absolute Gasteiger partial charge is 0.466 e. The molecule has 0 aliphatic carbocycles. The number of fused-ring (bicyclic) bond motifs is 1.